The van der Waals surface area contributed by atoms with Gasteiger partial charge in [0.25, 0.3) is 0 Å². The molecule has 0 bridgehead atoms. The predicted octanol–water partition coefficient (Wildman–Crippen LogP) is 0.0196. The molecule has 100 valence electrons. The molecule has 2 atom stereocenters. The van der Waals surface area contributed by atoms with E-state index < -0.39 is 18.2 Å². The van der Waals surface area contributed by atoms with E-state index in [1.807, 2.05) is 0 Å². The second-order valence-corrected chi connectivity index (χ2v) is 4.47. The van der Waals surface area contributed by atoms with Crippen molar-refractivity contribution >= 4 is 6.09 Å². The molecule has 0 aromatic rings. The van der Waals surface area contributed by atoms with Crippen molar-refractivity contribution in [2.75, 3.05) is 26.8 Å². The van der Waals surface area contributed by atoms with Crippen LogP contribution in [0.1, 0.15) is 19.3 Å². The van der Waals surface area contributed by atoms with Gasteiger partial charge < -0.3 is 25.6 Å². The number of aliphatic hydroxyl groups is 1. The summed E-state index contributed by atoms with van der Waals surface area (Å²) in [7, 11) is 1.73. The van der Waals surface area contributed by atoms with Gasteiger partial charge in [-0.25, -0.2) is 4.79 Å². The van der Waals surface area contributed by atoms with Gasteiger partial charge in [0, 0.05) is 19.8 Å². The zero-order valence-electron chi connectivity index (χ0n) is 10.2. The summed E-state index contributed by atoms with van der Waals surface area (Å²) in [6.07, 6.45) is 0.753. The number of ether oxygens (including phenoxy) is 1. The molecule has 0 aliphatic carbocycles. The molecule has 0 radical (unpaired) electrons. The maximum Gasteiger partial charge on any atom is 0.404 e. The first-order valence-corrected chi connectivity index (χ1v) is 6.03. The maximum absolute atomic E-state index is 10.7. The molecule has 1 aliphatic rings. The third-order valence-electron chi connectivity index (χ3n) is 3.11. The Hall–Kier alpha value is -0.850. The van der Waals surface area contributed by atoms with Crippen LogP contribution < -0.4 is 10.6 Å². The lowest BCUT2D eigenvalue weighted by atomic mass is 9.90. The minimum absolute atomic E-state index is 0.383. The molecule has 6 nitrogen and oxygen atoms in total. The minimum atomic E-state index is -1.09. The fourth-order valence-electron chi connectivity index (χ4n) is 2.16. The van der Waals surface area contributed by atoms with Crippen molar-refractivity contribution in [2.24, 2.45) is 5.92 Å². The normalized spacial score (nSPS) is 20.8. The van der Waals surface area contributed by atoms with E-state index >= 15 is 0 Å². The molecule has 1 heterocycles. The predicted molar refractivity (Wildman–Crippen MR) is 63.0 cm³/mol. The van der Waals surface area contributed by atoms with Crippen molar-refractivity contribution in [1.29, 1.82) is 0 Å². The highest BCUT2D eigenvalue weighted by molar-refractivity contribution is 5.64. The van der Waals surface area contributed by atoms with Gasteiger partial charge in [-0.1, -0.05) is 0 Å². The topological polar surface area (TPSA) is 90.8 Å². The SMILES string of the molecule is CNC[C@@H](O)C(CC1CCOCC1)NC(=O)O. The number of carbonyl (C=O) groups is 1. The molecule has 0 aromatic heterocycles. The molecule has 1 rings (SSSR count). The molecular weight excluding hydrogens is 224 g/mol. The lowest BCUT2D eigenvalue weighted by Gasteiger charge is -2.29. The average Bonchev–Trinajstić information content (AvgIpc) is 2.29. The van der Waals surface area contributed by atoms with Crippen LogP contribution in [0.5, 0.6) is 0 Å². The molecule has 0 saturated carbocycles. The second-order valence-electron chi connectivity index (χ2n) is 4.47. The lowest BCUT2D eigenvalue weighted by molar-refractivity contribution is 0.0478. The van der Waals surface area contributed by atoms with Crippen LogP contribution in [-0.4, -0.2) is 55.3 Å². The van der Waals surface area contributed by atoms with E-state index in [4.69, 9.17) is 9.84 Å². The van der Waals surface area contributed by atoms with Crippen LogP contribution in [0.3, 0.4) is 0 Å². The monoisotopic (exact) mass is 246 g/mol. The van der Waals surface area contributed by atoms with Gasteiger partial charge in [-0.2, -0.15) is 0 Å². The number of carboxylic acid groups (broad SMARTS) is 1. The van der Waals surface area contributed by atoms with Gasteiger partial charge in [-0.05, 0) is 32.2 Å². The van der Waals surface area contributed by atoms with E-state index in [0.717, 1.165) is 26.1 Å². The number of hydrogen-bond donors (Lipinski definition) is 4. The Morgan fingerprint density at radius 1 is 1.47 bits per heavy atom. The first-order valence-electron chi connectivity index (χ1n) is 6.03. The largest absolute Gasteiger partial charge is 0.465 e. The van der Waals surface area contributed by atoms with Crippen molar-refractivity contribution in [3.05, 3.63) is 0 Å². The smallest absolute Gasteiger partial charge is 0.404 e. The summed E-state index contributed by atoms with van der Waals surface area (Å²) in [5, 5.41) is 23.9. The van der Waals surface area contributed by atoms with Gasteiger partial charge in [-0.15, -0.1) is 0 Å². The van der Waals surface area contributed by atoms with E-state index in [1.54, 1.807) is 7.05 Å². The van der Waals surface area contributed by atoms with Crippen molar-refractivity contribution in [3.63, 3.8) is 0 Å². The summed E-state index contributed by atoms with van der Waals surface area (Å²) in [6.45, 7) is 1.84. The standard InChI is InChI=1S/C11H22N2O4/c1-12-7-10(14)9(13-11(15)16)6-8-2-4-17-5-3-8/h8-10,12-14H,2-7H2,1H3,(H,15,16)/t9?,10-/m1/s1. The Bertz CT molecular complexity index is 232. The van der Waals surface area contributed by atoms with Crippen LogP contribution in [0.15, 0.2) is 0 Å². The summed E-state index contributed by atoms with van der Waals surface area (Å²) in [4.78, 5) is 10.7. The molecule has 4 N–H and O–H groups in total. The fourth-order valence-corrected chi connectivity index (χ4v) is 2.16. The van der Waals surface area contributed by atoms with Crippen molar-refractivity contribution in [3.8, 4) is 0 Å². The van der Waals surface area contributed by atoms with Crippen molar-refractivity contribution < 1.29 is 19.7 Å². The highest BCUT2D eigenvalue weighted by atomic mass is 16.5. The highest BCUT2D eigenvalue weighted by Crippen LogP contribution is 2.21. The quantitative estimate of drug-likeness (QED) is 0.530. The molecular formula is C11H22N2O4. The van der Waals surface area contributed by atoms with Crippen molar-refractivity contribution in [1.82, 2.24) is 10.6 Å². The Labute approximate surface area is 101 Å². The van der Waals surface area contributed by atoms with Crippen molar-refractivity contribution in [2.45, 2.75) is 31.4 Å². The molecule has 6 heteroatoms. The second kappa shape index (κ2) is 7.47. The molecule has 1 saturated heterocycles. The molecule has 17 heavy (non-hydrogen) atoms. The molecule has 0 aromatic carbocycles. The average molecular weight is 246 g/mol. The molecule has 1 fully saturated rings. The zero-order chi connectivity index (χ0) is 12.7. The maximum atomic E-state index is 10.7. The van der Waals surface area contributed by atoms with Crippen LogP contribution in [0, 0.1) is 5.92 Å². The van der Waals surface area contributed by atoms with E-state index in [2.05, 4.69) is 10.6 Å². The molecule has 1 amide bonds. The lowest BCUT2D eigenvalue weighted by Crippen LogP contribution is -2.47. The van der Waals surface area contributed by atoms with Gasteiger partial charge in [0.2, 0.25) is 0 Å². The van der Waals surface area contributed by atoms with Crippen LogP contribution >= 0.6 is 0 Å². The number of amides is 1. The number of aliphatic hydroxyl groups excluding tert-OH is 1. The summed E-state index contributed by atoms with van der Waals surface area (Å²) in [5.41, 5.74) is 0. The summed E-state index contributed by atoms with van der Waals surface area (Å²) >= 11 is 0. The number of hydrogen-bond acceptors (Lipinski definition) is 4. The van der Waals surface area contributed by atoms with Gasteiger partial charge in [0.1, 0.15) is 0 Å². The minimum Gasteiger partial charge on any atom is -0.465 e. The number of nitrogens with one attached hydrogen (secondary N) is 2. The van der Waals surface area contributed by atoms with Crippen LogP contribution in [0.4, 0.5) is 4.79 Å². The van der Waals surface area contributed by atoms with Crippen LogP contribution in [-0.2, 0) is 4.74 Å². The summed E-state index contributed by atoms with van der Waals surface area (Å²) in [6, 6.07) is -0.414. The summed E-state index contributed by atoms with van der Waals surface area (Å²) < 4.78 is 5.26. The fraction of sp³-hybridized carbons (Fsp3) is 0.909. The number of likely N-dealkylation sites (N-methyl/N-ethyl adjacent to an activating group) is 1. The summed E-state index contributed by atoms with van der Waals surface area (Å²) in [5.74, 6) is 0.423. The third kappa shape index (κ3) is 5.34. The van der Waals surface area contributed by atoms with Crippen LogP contribution in [0.25, 0.3) is 0 Å². The van der Waals surface area contributed by atoms with E-state index in [-0.39, 0.29) is 0 Å². The first kappa shape index (κ1) is 14.2. The Kier molecular flexibility index (Phi) is 6.25. The van der Waals surface area contributed by atoms with Gasteiger partial charge in [0.05, 0.1) is 12.1 Å². The highest BCUT2D eigenvalue weighted by Gasteiger charge is 2.25. The molecule has 1 aliphatic heterocycles. The number of rotatable bonds is 6. The van der Waals surface area contributed by atoms with Crippen LogP contribution in [0.2, 0.25) is 0 Å². The van der Waals surface area contributed by atoms with Gasteiger partial charge in [0.15, 0.2) is 0 Å². The first-order chi connectivity index (χ1) is 8.13. The molecule has 0 spiro atoms. The van der Waals surface area contributed by atoms with E-state index in [0.29, 0.717) is 18.9 Å². The molecule has 1 unspecified atom stereocenters. The third-order valence-corrected chi connectivity index (χ3v) is 3.11. The zero-order valence-corrected chi connectivity index (χ0v) is 10.2. The van der Waals surface area contributed by atoms with E-state index in [1.165, 1.54) is 0 Å². The Morgan fingerprint density at radius 2 is 2.12 bits per heavy atom. The Balaban J connectivity index is 2.45. The van der Waals surface area contributed by atoms with Gasteiger partial charge in [-0.3, -0.25) is 0 Å². The Morgan fingerprint density at radius 3 is 2.65 bits per heavy atom. The van der Waals surface area contributed by atoms with E-state index in [9.17, 15) is 9.90 Å². The van der Waals surface area contributed by atoms with Gasteiger partial charge >= 0.3 is 6.09 Å².